The third-order valence-electron chi connectivity index (χ3n) is 2.78. The molecule has 0 saturated carbocycles. The van der Waals surface area contributed by atoms with Crippen molar-refractivity contribution >= 4 is 6.09 Å². The van der Waals surface area contributed by atoms with E-state index in [1.807, 2.05) is 34.6 Å². The van der Waals surface area contributed by atoms with Gasteiger partial charge in [-0.15, -0.1) is 0 Å². The number of carbonyl (C=O) groups is 1. The zero-order valence-electron chi connectivity index (χ0n) is 10.9. The third-order valence-corrected chi connectivity index (χ3v) is 2.78. The van der Waals surface area contributed by atoms with Gasteiger partial charge in [0.05, 0.1) is 6.10 Å². The Bertz CT molecular complexity index is 247. The fourth-order valence-electron chi connectivity index (χ4n) is 2.22. The fraction of sp³-hybridized carbons (Fsp3) is 0.917. The molecule has 1 amide bonds. The van der Waals surface area contributed by atoms with Gasteiger partial charge in [-0.2, -0.15) is 0 Å². The zero-order valence-corrected chi connectivity index (χ0v) is 10.9. The largest absolute Gasteiger partial charge is 0.444 e. The Morgan fingerprint density at radius 2 is 1.69 bits per heavy atom. The number of amides is 1. The predicted molar refractivity (Wildman–Crippen MR) is 62.2 cm³/mol. The molecule has 1 fully saturated rings. The summed E-state index contributed by atoms with van der Waals surface area (Å²) < 4.78 is 5.36. The van der Waals surface area contributed by atoms with Gasteiger partial charge in [0.25, 0.3) is 0 Å². The Labute approximate surface area is 97.6 Å². The second-order valence-corrected chi connectivity index (χ2v) is 5.71. The van der Waals surface area contributed by atoms with Crippen LogP contribution in [0.3, 0.4) is 0 Å². The summed E-state index contributed by atoms with van der Waals surface area (Å²) in [6.07, 6.45) is 0.677. The maximum atomic E-state index is 12.0. The van der Waals surface area contributed by atoms with E-state index in [1.54, 1.807) is 4.90 Å². The Balaban J connectivity index is 2.67. The van der Waals surface area contributed by atoms with Crippen molar-refractivity contribution in [3.63, 3.8) is 0 Å². The van der Waals surface area contributed by atoms with Gasteiger partial charge in [0.2, 0.25) is 0 Å². The Hall–Kier alpha value is -0.770. The molecule has 0 aliphatic carbocycles. The van der Waals surface area contributed by atoms with Gasteiger partial charge in [-0.3, -0.25) is 0 Å². The fourth-order valence-corrected chi connectivity index (χ4v) is 2.22. The summed E-state index contributed by atoms with van der Waals surface area (Å²) in [4.78, 5) is 13.7. The van der Waals surface area contributed by atoms with E-state index in [-0.39, 0.29) is 24.3 Å². The third kappa shape index (κ3) is 3.37. The van der Waals surface area contributed by atoms with Gasteiger partial charge in [0.15, 0.2) is 0 Å². The summed E-state index contributed by atoms with van der Waals surface area (Å²) in [6.45, 7) is 9.47. The van der Waals surface area contributed by atoms with Crippen LogP contribution in [0, 0.1) is 0 Å². The standard InChI is InChI=1S/C12H23NO3/c1-8-6-10(14)7-9(2)13(8)11(15)16-12(3,4)5/h8-10,14H,6-7H2,1-5H3/t8-,9-/m0/s1. The first-order valence-electron chi connectivity index (χ1n) is 5.90. The zero-order chi connectivity index (χ0) is 12.5. The second kappa shape index (κ2) is 4.62. The molecule has 16 heavy (non-hydrogen) atoms. The lowest BCUT2D eigenvalue weighted by Gasteiger charge is -2.41. The van der Waals surface area contributed by atoms with Crippen molar-refractivity contribution < 1.29 is 14.6 Å². The number of rotatable bonds is 0. The van der Waals surface area contributed by atoms with Gasteiger partial charge in [-0.05, 0) is 47.5 Å². The minimum absolute atomic E-state index is 0.0357. The summed E-state index contributed by atoms with van der Waals surface area (Å²) in [6, 6.07) is 0.0715. The van der Waals surface area contributed by atoms with Crippen molar-refractivity contribution in [2.45, 2.75) is 71.2 Å². The predicted octanol–water partition coefficient (Wildman–Crippen LogP) is 2.16. The van der Waals surface area contributed by atoms with Crippen molar-refractivity contribution in [2.24, 2.45) is 0 Å². The minimum atomic E-state index is -0.466. The van der Waals surface area contributed by atoms with E-state index in [0.717, 1.165) is 0 Å². The van der Waals surface area contributed by atoms with Crippen molar-refractivity contribution in [3.8, 4) is 0 Å². The number of aliphatic hydroxyl groups excluding tert-OH is 1. The van der Waals surface area contributed by atoms with E-state index < -0.39 is 5.60 Å². The lowest BCUT2D eigenvalue weighted by molar-refractivity contribution is -0.0223. The number of likely N-dealkylation sites (tertiary alicyclic amines) is 1. The smallest absolute Gasteiger partial charge is 0.410 e. The van der Waals surface area contributed by atoms with Crippen LogP contribution >= 0.6 is 0 Å². The second-order valence-electron chi connectivity index (χ2n) is 5.71. The Kier molecular flexibility index (Phi) is 3.84. The van der Waals surface area contributed by atoms with Gasteiger partial charge in [0, 0.05) is 12.1 Å². The van der Waals surface area contributed by atoms with E-state index in [0.29, 0.717) is 12.8 Å². The highest BCUT2D eigenvalue weighted by Crippen LogP contribution is 2.25. The molecule has 0 aromatic heterocycles. The number of piperidine rings is 1. The lowest BCUT2D eigenvalue weighted by Crippen LogP contribution is -2.52. The van der Waals surface area contributed by atoms with Gasteiger partial charge in [-0.1, -0.05) is 0 Å². The number of nitrogens with zero attached hydrogens (tertiary/aromatic N) is 1. The van der Waals surface area contributed by atoms with E-state index in [2.05, 4.69) is 0 Å². The molecule has 4 nitrogen and oxygen atoms in total. The van der Waals surface area contributed by atoms with Gasteiger partial charge < -0.3 is 14.7 Å². The molecule has 1 aliphatic heterocycles. The molecule has 4 heteroatoms. The molecule has 94 valence electrons. The minimum Gasteiger partial charge on any atom is -0.444 e. The quantitative estimate of drug-likeness (QED) is 0.692. The van der Waals surface area contributed by atoms with Crippen LogP contribution in [-0.2, 0) is 4.74 Å². The molecule has 2 atom stereocenters. The number of ether oxygens (including phenoxy) is 1. The van der Waals surface area contributed by atoms with E-state index in [1.165, 1.54) is 0 Å². The van der Waals surface area contributed by atoms with Crippen molar-refractivity contribution in [2.75, 3.05) is 0 Å². The molecule has 1 saturated heterocycles. The molecule has 0 aromatic carbocycles. The normalized spacial score (nSPS) is 31.4. The molecule has 0 bridgehead atoms. The van der Waals surface area contributed by atoms with Crippen molar-refractivity contribution in [1.29, 1.82) is 0 Å². The van der Waals surface area contributed by atoms with Crippen LogP contribution in [0.1, 0.15) is 47.5 Å². The van der Waals surface area contributed by atoms with Gasteiger partial charge in [-0.25, -0.2) is 4.79 Å². The lowest BCUT2D eigenvalue weighted by atomic mass is 9.95. The summed E-state index contributed by atoms with van der Waals surface area (Å²) in [5.41, 5.74) is -0.466. The highest BCUT2D eigenvalue weighted by molar-refractivity contribution is 5.69. The van der Waals surface area contributed by atoms with Crippen LogP contribution in [0.5, 0.6) is 0 Å². The molecule has 1 aliphatic rings. The maximum Gasteiger partial charge on any atom is 0.410 e. The van der Waals surface area contributed by atoms with Gasteiger partial charge in [0.1, 0.15) is 5.60 Å². The van der Waals surface area contributed by atoms with Crippen molar-refractivity contribution in [3.05, 3.63) is 0 Å². The molecule has 0 unspecified atom stereocenters. The van der Waals surface area contributed by atoms with Crippen molar-refractivity contribution in [1.82, 2.24) is 4.90 Å². The van der Waals surface area contributed by atoms with Crippen LogP contribution in [0.15, 0.2) is 0 Å². The van der Waals surface area contributed by atoms with E-state index in [4.69, 9.17) is 4.74 Å². The Morgan fingerprint density at radius 3 is 2.06 bits per heavy atom. The summed E-state index contributed by atoms with van der Waals surface area (Å²) in [5, 5.41) is 9.60. The molecule has 1 rings (SSSR count). The first-order chi connectivity index (χ1) is 7.20. The van der Waals surface area contributed by atoms with Crippen LogP contribution < -0.4 is 0 Å². The first kappa shape index (κ1) is 13.3. The van der Waals surface area contributed by atoms with Crippen LogP contribution in [-0.4, -0.2) is 39.9 Å². The SMILES string of the molecule is C[C@H]1CC(O)C[C@H](C)N1C(=O)OC(C)(C)C. The highest BCUT2D eigenvalue weighted by Gasteiger charge is 2.35. The average Bonchev–Trinajstić information content (AvgIpc) is 1.96. The molecule has 1 heterocycles. The average molecular weight is 229 g/mol. The first-order valence-corrected chi connectivity index (χ1v) is 5.90. The number of hydrogen-bond donors (Lipinski definition) is 1. The van der Waals surface area contributed by atoms with Crippen LogP contribution in [0.4, 0.5) is 4.79 Å². The summed E-state index contributed by atoms with van der Waals surface area (Å²) in [5.74, 6) is 0. The molecule has 0 radical (unpaired) electrons. The monoisotopic (exact) mass is 229 g/mol. The molecular weight excluding hydrogens is 206 g/mol. The molecule has 1 N–H and O–H groups in total. The summed E-state index contributed by atoms with van der Waals surface area (Å²) in [7, 11) is 0. The van der Waals surface area contributed by atoms with E-state index in [9.17, 15) is 9.90 Å². The molecule has 0 spiro atoms. The van der Waals surface area contributed by atoms with E-state index >= 15 is 0 Å². The van der Waals surface area contributed by atoms with Crippen LogP contribution in [0.2, 0.25) is 0 Å². The number of hydrogen-bond acceptors (Lipinski definition) is 3. The molecular formula is C12H23NO3. The van der Waals surface area contributed by atoms with Crippen LogP contribution in [0.25, 0.3) is 0 Å². The number of aliphatic hydroxyl groups is 1. The topological polar surface area (TPSA) is 49.8 Å². The molecule has 0 aromatic rings. The van der Waals surface area contributed by atoms with Gasteiger partial charge >= 0.3 is 6.09 Å². The Morgan fingerprint density at radius 1 is 1.25 bits per heavy atom. The number of carbonyl (C=O) groups excluding carboxylic acids is 1. The maximum absolute atomic E-state index is 12.0. The summed E-state index contributed by atoms with van der Waals surface area (Å²) >= 11 is 0. The highest BCUT2D eigenvalue weighted by atomic mass is 16.6.